The van der Waals surface area contributed by atoms with E-state index in [1.807, 2.05) is 36.4 Å². The average Bonchev–Trinajstić information content (AvgIpc) is 2.41. The van der Waals surface area contributed by atoms with E-state index in [1.54, 1.807) is 0 Å². The Morgan fingerprint density at radius 3 is 2.58 bits per heavy atom. The van der Waals surface area contributed by atoms with Gasteiger partial charge in [0.15, 0.2) is 11.5 Å². The summed E-state index contributed by atoms with van der Waals surface area (Å²) >= 11 is 6.80. The minimum Gasteiger partial charge on any atom is -0.503 e. The third kappa shape index (κ3) is 3.42. The minimum atomic E-state index is 0.118. The number of halogens is 2. The Bertz CT molecular complexity index is 588. The molecule has 3 nitrogen and oxygen atoms in total. The molecule has 0 bridgehead atoms. The van der Waals surface area contributed by atoms with E-state index in [0.717, 1.165) is 15.7 Å². The van der Waals surface area contributed by atoms with E-state index in [1.165, 1.54) is 7.11 Å². The number of nitrogens with one attached hydrogen (secondary N) is 1. The highest BCUT2D eigenvalue weighted by atomic mass is 79.9. The molecule has 2 aromatic carbocycles. The Labute approximate surface area is 128 Å². The zero-order chi connectivity index (χ0) is 13.8. The predicted octanol–water partition coefficient (Wildman–Crippen LogP) is 4.54. The molecule has 0 heterocycles. The standard InChI is InChI=1S/C14H13Br2NO2/c1-19-13-7-9(6-11(16)14(13)18)8-17-12-5-3-2-4-10(12)15/h2-7,17-18H,8H2,1H3. The van der Waals surface area contributed by atoms with E-state index in [0.29, 0.717) is 16.8 Å². The van der Waals surface area contributed by atoms with Gasteiger partial charge in [-0.25, -0.2) is 0 Å². The molecule has 0 fully saturated rings. The lowest BCUT2D eigenvalue weighted by atomic mass is 10.2. The van der Waals surface area contributed by atoms with E-state index in [-0.39, 0.29) is 5.75 Å². The Kier molecular flexibility index (Phi) is 4.71. The first-order valence-corrected chi connectivity index (χ1v) is 7.24. The number of anilines is 1. The molecule has 0 aliphatic rings. The Balaban J connectivity index is 2.16. The van der Waals surface area contributed by atoms with Gasteiger partial charge >= 0.3 is 0 Å². The van der Waals surface area contributed by atoms with Gasteiger partial charge in [0, 0.05) is 16.7 Å². The zero-order valence-electron chi connectivity index (χ0n) is 10.3. The summed E-state index contributed by atoms with van der Waals surface area (Å²) in [5, 5.41) is 13.1. The predicted molar refractivity (Wildman–Crippen MR) is 83.8 cm³/mol. The SMILES string of the molecule is COc1cc(CNc2ccccc2Br)cc(Br)c1O. The number of ether oxygens (including phenoxy) is 1. The minimum absolute atomic E-state index is 0.118. The lowest BCUT2D eigenvalue weighted by molar-refractivity contribution is 0.371. The normalized spacial score (nSPS) is 10.3. The van der Waals surface area contributed by atoms with Gasteiger partial charge in [0.05, 0.1) is 11.6 Å². The second-order valence-electron chi connectivity index (χ2n) is 3.96. The largest absolute Gasteiger partial charge is 0.503 e. The molecule has 0 atom stereocenters. The van der Waals surface area contributed by atoms with Crippen LogP contribution in [-0.4, -0.2) is 12.2 Å². The second-order valence-corrected chi connectivity index (χ2v) is 5.67. The molecule has 0 amide bonds. The highest BCUT2D eigenvalue weighted by Crippen LogP contribution is 2.35. The molecule has 0 radical (unpaired) electrons. The molecule has 0 spiro atoms. The third-order valence-electron chi connectivity index (χ3n) is 2.66. The van der Waals surface area contributed by atoms with Crippen molar-refractivity contribution < 1.29 is 9.84 Å². The van der Waals surface area contributed by atoms with Crippen molar-refractivity contribution in [2.75, 3.05) is 12.4 Å². The van der Waals surface area contributed by atoms with Gasteiger partial charge in [0.1, 0.15) is 0 Å². The van der Waals surface area contributed by atoms with E-state index in [2.05, 4.69) is 37.2 Å². The van der Waals surface area contributed by atoms with Crippen molar-refractivity contribution in [1.82, 2.24) is 0 Å². The summed E-state index contributed by atoms with van der Waals surface area (Å²) in [4.78, 5) is 0. The molecule has 0 unspecified atom stereocenters. The summed E-state index contributed by atoms with van der Waals surface area (Å²) in [7, 11) is 1.53. The topological polar surface area (TPSA) is 41.5 Å². The molecule has 2 rings (SSSR count). The molecule has 0 saturated carbocycles. The first-order valence-electron chi connectivity index (χ1n) is 5.65. The molecule has 100 valence electrons. The summed E-state index contributed by atoms with van der Waals surface area (Å²) < 4.78 is 6.76. The molecule has 19 heavy (non-hydrogen) atoms. The van der Waals surface area contributed by atoms with E-state index in [9.17, 15) is 5.11 Å². The van der Waals surface area contributed by atoms with Crippen molar-refractivity contribution in [3.8, 4) is 11.5 Å². The number of hydrogen-bond donors (Lipinski definition) is 2. The van der Waals surface area contributed by atoms with Crippen LogP contribution in [0.3, 0.4) is 0 Å². The maximum atomic E-state index is 9.75. The number of phenols is 1. The fourth-order valence-corrected chi connectivity index (χ4v) is 2.60. The van der Waals surface area contributed by atoms with Gasteiger partial charge in [0.2, 0.25) is 0 Å². The van der Waals surface area contributed by atoms with Crippen LogP contribution in [0.4, 0.5) is 5.69 Å². The number of rotatable bonds is 4. The van der Waals surface area contributed by atoms with Crippen molar-refractivity contribution in [2.45, 2.75) is 6.54 Å². The number of benzene rings is 2. The Morgan fingerprint density at radius 1 is 1.16 bits per heavy atom. The van der Waals surface area contributed by atoms with Gasteiger partial charge in [-0.3, -0.25) is 0 Å². The molecule has 5 heteroatoms. The molecule has 0 aliphatic carbocycles. The first-order chi connectivity index (χ1) is 9.11. The number of para-hydroxylation sites is 1. The maximum absolute atomic E-state index is 9.75. The van der Waals surface area contributed by atoms with Gasteiger partial charge in [-0.2, -0.15) is 0 Å². The highest BCUT2D eigenvalue weighted by molar-refractivity contribution is 9.11. The van der Waals surface area contributed by atoms with Crippen LogP contribution in [0, 0.1) is 0 Å². The summed E-state index contributed by atoms with van der Waals surface area (Å²) in [5.41, 5.74) is 2.03. The van der Waals surface area contributed by atoms with Gasteiger partial charge in [-0.15, -0.1) is 0 Å². The first kappa shape index (κ1) is 14.2. The van der Waals surface area contributed by atoms with Crippen molar-refractivity contribution in [1.29, 1.82) is 0 Å². The lowest BCUT2D eigenvalue weighted by Gasteiger charge is -2.11. The van der Waals surface area contributed by atoms with Gasteiger partial charge in [-0.1, -0.05) is 12.1 Å². The Morgan fingerprint density at radius 2 is 1.89 bits per heavy atom. The Hall–Kier alpha value is -1.20. The molecule has 2 N–H and O–H groups in total. The number of aromatic hydroxyl groups is 1. The average molecular weight is 387 g/mol. The van der Waals surface area contributed by atoms with Crippen LogP contribution in [0.25, 0.3) is 0 Å². The maximum Gasteiger partial charge on any atom is 0.172 e. The molecular formula is C14H13Br2NO2. The van der Waals surface area contributed by atoms with Crippen LogP contribution in [0.2, 0.25) is 0 Å². The summed E-state index contributed by atoms with van der Waals surface area (Å²) in [5.74, 6) is 0.574. The molecule has 2 aromatic rings. The van der Waals surface area contributed by atoms with Crippen molar-refractivity contribution >= 4 is 37.5 Å². The number of phenolic OH excluding ortho intramolecular Hbond substituents is 1. The molecule has 0 aliphatic heterocycles. The molecule has 0 aromatic heterocycles. The smallest absolute Gasteiger partial charge is 0.172 e. The second kappa shape index (κ2) is 6.30. The quantitative estimate of drug-likeness (QED) is 0.810. The van der Waals surface area contributed by atoms with Crippen LogP contribution in [0.15, 0.2) is 45.3 Å². The number of hydrogen-bond acceptors (Lipinski definition) is 3. The van der Waals surface area contributed by atoms with Crippen LogP contribution < -0.4 is 10.1 Å². The lowest BCUT2D eigenvalue weighted by Crippen LogP contribution is -2.00. The fraction of sp³-hybridized carbons (Fsp3) is 0.143. The summed E-state index contributed by atoms with van der Waals surface area (Å²) in [6.45, 7) is 0.637. The van der Waals surface area contributed by atoms with Crippen molar-refractivity contribution in [3.05, 3.63) is 50.9 Å². The van der Waals surface area contributed by atoms with Crippen LogP contribution in [0.1, 0.15) is 5.56 Å². The van der Waals surface area contributed by atoms with E-state index < -0.39 is 0 Å². The third-order valence-corrected chi connectivity index (χ3v) is 3.96. The zero-order valence-corrected chi connectivity index (χ0v) is 13.5. The monoisotopic (exact) mass is 385 g/mol. The fourth-order valence-electron chi connectivity index (χ4n) is 1.69. The number of methoxy groups -OCH3 is 1. The summed E-state index contributed by atoms with van der Waals surface area (Å²) in [6, 6.07) is 11.6. The van der Waals surface area contributed by atoms with E-state index in [4.69, 9.17) is 4.74 Å². The van der Waals surface area contributed by atoms with E-state index >= 15 is 0 Å². The van der Waals surface area contributed by atoms with Crippen molar-refractivity contribution in [2.24, 2.45) is 0 Å². The molecule has 0 saturated heterocycles. The van der Waals surface area contributed by atoms with Gasteiger partial charge in [0.25, 0.3) is 0 Å². The van der Waals surface area contributed by atoms with Crippen LogP contribution >= 0.6 is 31.9 Å². The van der Waals surface area contributed by atoms with Crippen LogP contribution in [-0.2, 0) is 6.54 Å². The van der Waals surface area contributed by atoms with Gasteiger partial charge in [-0.05, 0) is 61.7 Å². The summed E-state index contributed by atoms with van der Waals surface area (Å²) in [6.07, 6.45) is 0. The molecular weight excluding hydrogens is 374 g/mol. The van der Waals surface area contributed by atoms with Crippen LogP contribution in [0.5, 0.6) is 11.5 Å². The van der Waals surface area contributed by atoms with Gasteiger partial charge < -0.3 is 15.2 Å². The van der Waals surface area contributed by atoms with Crippen molar-refractivity contribution in [3.63, 3.8) is 0 Å². The highest BCUT2D eigenvalue weighted by Gasteiger charge is 2.08.